The van der Waals surface area contributed by atoms with Crippen molar-refractivity contribution in [2.45, 2.75) is 19.4 Å². The highest BCUT2D eigenvalue weighted by molar-refractivity contribution is 7.22. The lowest BCUT2D eigenvalue weighted by Gasteiger charge is -2.15. The molecule has 0 radical (unpaired) electrons. The SMILES string of the molecule is CCC(NC(=O)c1ccc2nc(N)sc2c1)c1cccs1. The van der Waals surface area contributed by atoms with E-state index < -0.39 is 0 Å². The molecular formula is C15H15N3OS2. The van der Waals surface area contributed by atoms with E-state index in [-0.39, 0.29) is 11.9 Å². The molecule has 2 heterocycles. The van der Waals surface area contributed by atoms with E-state index in [1.165, 1.54) is 16.2 Å². The summed E-state index contributed by atoms with van der Waals surface area (Å²) in [6.45, 7) is 2.07. The Kier molecular flexibility index (Phi) is 3.90. The zero-order valence-electron chi connectivity index (χ0n) is 11.5. The largest absolute Gasteiger partial charge is 0.375 e. The second kappa shape index (κ2) is 5.83. The van der Waals surface area contributed by atoms with E-state index in [1.54, 1.807) is 17.4 Å². The number of fused-ring (bicyclic) bond motifs is 1. The second-order valence-corrected chi connectivity index (χ2v) is 6.73. The zero-order chi connectivity index (χ0) is 14.8. The van der Waals surface area contributed by atoms with Gasteiger partial charge in [-0.3, -0.25) is 4.79 Å². The van der Waals surface area contributed by atoms with Gasteiger partial charge in [0.15, 0.2) is 5.13 Å². The minimum atomic E-state index is -0.0656. The van der Waals surface area contributed by atoms with E-state index in [2.05, 4.69) is 17.2 Å². The highest BCUT2D eigenvalue weighted by atomic mass is 32.1. The number of thiophene rings is 1. The third-order valence-electron chi connectivity index (χ3n) is 3.27. The molecule has 0 fully saturated rings. The van der Waals surface area contributed by atoms with E-state index in [1.807, 2.05) is 29.6 Å². The number of thiazole rings is 1. The average molecular weight is 317 g/mol. The number of amides is 1. The van der Waals surface area contributed by atoms with Crippen molar-refractivity contribution in [1.82, 2.24) is 10.3 Å². The monoisotopic (exact) mass is 317 g/mol. The summed E-state index contributed by atoms with van der Waals surface area (Å²) in [5.74, 6) is -0.0656. The number of benzene rings is 1. The molecule has 21 heavy (non-hydrogen) atoms. The van der Waals surface area contributed by atoms with E-state index in [0.29, 0.717) is 10.7 Å². The molecule has 1 aromatic carbocycles. The Morgan fingerprint density at radius 1 is 1.43 bits per heavy atom. The van der Waals surface area contributed by atoms with E-state index in [4.69, 9.17) is 5.73 Å². The van der Waals surface area contributed by atoms with Gasteiger partial charge in [0.25, 0.3) is 5.91 Å². The Morgan fingerprint density at radius 3 is 3.00 bits per heavy atom. The van der Waals surface area contributed by atoms with Gasteiger partial charge in [-0.25, -0.2) is 4.98 Å². The number of carbonyl (C=O) groups is 1. The van der Waals surface area contributed by atoms with Crippen LogP contribution in [0, 0.1) is 0 Å². The Bertz CT molecular complexity index is 764. The van der Waals surface area contributed by atoms with E-state index in [9.17, 15) is 4.79 Å². The molecule has 0 aliphatic rings. The van der Waals surface area contributed by atoms with Crippen molar-refractivity contribution in [2.75, 3.05) is 5.73 Å². The highest BCUT2D eigenvalue weighted by Gasteiger charge is 2.15. The lowest BCUT2D eigenvalue weighted by Crippen LogP contribution is -2.27. The lowest BCUT2D eigenvalue weighted by atomic mass is 10.1. The van der Waals surface area contributed by atoms with Gasteiger partial charge >= 0.3 is 0 Å². The van der Waals surface area contributed by atoms with Crippen molar-refractivity contribution in [2.24, 2.45) is 0 Å². The van der Waals surface area contributed by atoms with Crippen LogP contribution in [0.5, 0.6) is 0 Å². The summed E-state index contributed by atoms with van der Waals surface area (Å²) in [4.78, 5) is 17.8. The van der Waals surface area contributed by atoms with Crippen molar-refractivity contribution in [3.63, 3.8) is 0 Å². The Hall–Kier alpha value is -1.92. The van der Waals surface area contributed by atoms with Crippen molar-refractivity contribution < 1.29 is 4.79 Å². The fourth-order valence-corrected chi connectivity index (χ4v) is 3.82. The van der Waals surface area contributed by atoms with E-state index in [0.717, 1.165) is 16.6 Å². The van der Waals surface area contributed by atoms with Crippen LogP contribution >= 0.6 is 22.7 Å². The predicted molar refractivity (Wildman–Crippen MR) is 88.8 cm³/mol. The predicted octanol–water partition coefficient (Wildman–Crippen LogP) is 3.82. The van der Waals surface area contributed by atoms with Gasteiger partial charge in [-0.1, -0.05) is 24.3 Å². The number of nitrogen functional groups attached to an aromatic ring is 1. The summed E-state index contributed by atoms with van der Waals surface area (Å²) in [6, 6.07) is 9.58. The van der Waals surface area contributed by atoms with Gasteiger partial charge < -0.3 is 11.1 Å². The molecule has 4 nitrogen and oxygen atoms in total. The number of nitrogens with zero attached hydrogens (tertiary/aromatic N) is 1. The molecule has 3 N–H and O–H groups in total. The van der Waals surface area contributed by atoms with Crippen molar-refractivity contribution >= 4 is 43.9 Å². The second-order valence-electron chi connectivity index (χ2n) is 4.68. The topological polar surface area (TPSA) is 68.0 Å². The van der Waals surface area contributed by atoms with Gasteiger partial charge in [-0.05, 0) is 36.1 Å². The first-order valence-electron chi connectivity index (χ1n) is 6.67. The average Bonchev–Trinajstić information content (AvgIpc) is 3.11. The Balaban J connectivity index is 1.82. The van der Waals surface area contributed by atoms with Gasteiger partial charge in [0.05, 0.1) is 16.3 Å². The molecule has 0 saturated carbocycles. The summed E-state index contributed by atoms with van der Waals surface area (Å²) in [6.07, 6.45) is 0.863. The van der Waals surface area contributed by atoms with E-state index >= 15 is 0 Å². The molecule has 0 saturated heterocycles. The summed E-state index contributed by atoms with van der Waals surface area (Å²) in [5.41, 5.74) is 7.16. The molecule has 0 aliphatic carbocycles. The van der Waals surface area contributed by atoms with Crippen LogP contribution < -0.4 is 11.1 Å². The Labute approximate surface area is 130 Å². The lowest BCUT2D eigenvalue weighted by molar-refractivity contribution is 0.0936. The molecule has 0 aliphatic heterocycles. The zero-order valence-corrected chi connectivity index (χ0v) is 13.1. The maximum absolute atomic E-state index is 12.4. The summed E-state index contributed by atoms with van der Waals surface area (Å²) < 4.78 is 0.935. The van der Waals surface area contributed by atoms with Crippen LogP contribution in [0.15, 0.2) is 35.7 Å². The third-order valence-corrected chi connectivity index (χ3v) is 5.10. The minimum Gasteiger partial charge on any atom is -0.375 e. The van der Waals surface area contributed by atoms with Crippen molar-refractivity contribution in [1.29, 1.82) is 0 Å². The van der Waals surface area contributed by atoms with Gasteiger partial charge in [-0.15, -0.1) is 11.3 Å². The number of aromatic nitrogens is 1. The van der Waals surface area contributed by atoms with Crippen LogP contribution in [0.4, 0.5) is 5.13 Å². The molecule has 0 spiro atoms. The Morgan fingerprint density at radius 2 is 2.29 bits per heavy atom. The smallest absolute Gasteiger partial charge is 0.251 e. The number of anilines is 1. The van der Waals surface area contributed by atoms with Gasteiger partial charge in [0.2, 0.25) is 0 Å². The molecule has 1 unspecified atom stereocenters. The molecular weight excluding hydrogens is 302 g/mol. The molecule has 1 amide bonds. The number of rotatable bonds is 4. The third kappa shape index (κ3) is 2.91. The molecule has 6 heteroatoms. The molecule has 3 aromatic rings. The van der Waals surface area contributed by atoms with Crippen LogP contribution in [-0.2, 0) is 0 Å². The van der Waals surface area contributed by atoms with Gasteiger partial charge in [0, 0.05) is 10.4 Å². The van der Waals surface area contributed by atoms with Crippen LogP contribution in [-0.4, -0.2) is 10.9 Å². The van der Waals surface area contributed by atoms with Crippen LogP contribution in [0.2, 0.25) is 0 Å². The van der Waals surface area contributed by atoms with Crippen LogP contribution in [0.3, 0.4) is 0 Å². The number of hydrogen-bond acceptors (Lipinski definition) is 5. The first kappa shape index (κ1) is 14.0. The number of nitrogens with one attached hydrogen (secondary N) is 1. The maximum atomic E-state index is 12.4. The highest BCUT2D eigenvalue weighted by Crippen LogP contribution is 2.26. The van der Waals surface area contributed by atoms with Gasteiger partial charge in [-0.2, -0.15) is 0 Å². The maximum Gasteiger partial charge on any atom is 0.251 e. The molecule has 1 atom stereocenters. The minimum absolute atomic E-state index is 0.0553. The van der Waals surface area contributed by atoms with Crippen LogP contribution in [0.1, 0.15) is 34.6 Å². The molecule has 2 aromatic heterocycles. The fourth-order valence-electron chi connectivity index (χ4n) is 2.19. The summed E-state index contributed by atoms with van der Waals surface area (Å²) in [7, 11) is 0. The fraction of sp³-hybridized carbons (Fsp3) is 0.200. The molecule has 3 rings (SSSR count). The van der Waals surface area contributed by atoms with Gasteiger partial charge in [0.1, 0.15) is 0 Å². The number of hydrogen-bond donors (Lipinski definition) is 2. The standard InChI is InChI=1S/C15H15N3OS2/c1-2-10(12-4-3-7-20-12)17-14(19)9-5-6-11-13(8-9)21-15(16)18-11/h3-8,10H,2H2,1H3,(H2,16,18)(H,17,19). The molecule has 0 bridgehead atoms. The normalized spacial score (nSPS) is 12.4. The van der Waals surface area contributed by atoms with Crippen LogP contribution in [0.25, 0.3) is 10.2 Å². The number of nitrogens with two attached hydrogens (primary N) is 1. The quantitative estimate of drug-likeness (QED) is 0.768. The summed E-state index contributed by atoms with van der Waals surface area (Å²) >= 11 is 3.05. The number of carbonyl (C=O) groups excluding carboxylic acids is 1. The first-order chi connectivity index (χ1) is 10.2. The summed E-state index contributed by atoms with van der Waals surface area (Å²) in [5, 5.41) is 5.63. The van der Waals surface area contributed by atoms with Crippen molar-refractivity contribution in [3.05, 3.63) is 46.2 Å². The first-order valence-corrected chi connectivity index (χ1v) is 8.37. The van der Waals surface area contributed by atoms with Crippen molar-refractivity contribution in [3.8, 4) is 0 Å². The molecule has 108 valence electrons.